The standard InChI is InChI=1S/C17H24FNO4/c1-11(2)8-9-23-12(3)16(20)19-10-15(17(21)22)13-4-6-14(18)7-5-13/h4-7,11-12,15H,8-10H2,1-3H3,(H,19,20)(H,21,22). The van der Waals surface area contributed by atoms with Crippen LogP contribution >= 0.6 is 0 Å². The summed E-state index contributed by atoms with van der Waals surface area (Å²) in [6.07, 6.45) is 0.210. The number of benzene rings is 1. The molecule has 0 saturated heterocycles. The SMILES string of the molecule is CC(C)CCOC(C)C(=O)NCC(C(=O)O)c1ccc(F)cc1. The van der Waals surface area contributed by atoms with Crippen molar-refractivity contribution < 1.29 is 23.8 Å². The van der Waals surface area contributed by atoms with Gasteiger partial charge in [0.25, 0.3) is 0 Å². The van der Waals surface area contributed by atoms with Gasteiger partial charge in [-0.05, 0) is 37.0 Å². The lowest BCUT2D eigenvalue weighted by atomic mass is 9.99. The molecule has 0 aromatic heterocycles. The number of rotatable bonds is 9. The molecule has 128 valence electrons. The van der Waals surface area contributed by atoms with Crippen LogP contribution in [-0.4, -0.2) is 36.2 Å². The number of amides is 1. The van der Waals surface area contributed by atoms with E-state index in [1.54, 1.807) is 6.92 Å². The Kier molecular flexibility index (Phi) is 7.68. The lowest BCUT2D eigenvalue weighted by molar-refractivity contribution is -0.139. The van der Waals surface area contributed by atoms with Gasteiger partial charge in [-0.1, -0.05) is 26.0 Å². The zero-order valence-corrected chi connectivity index (χ0v) is 13.7. The van der Waals surface area contributed by atoms with E-state index in [2.05, 4.69) is 19.2 Å². The van der Waals surface area contributed by atoms with Gasteiger partial charge in [-0.2, -0.15) is 0 Å². The minimum atomic E-state index is -1.08. The van der Waals surface area contributed by atoms with E-state index in [9.17, 15) is 19.1 Å². The van der Waals surface area contributed by atoms with Crippen molar-refractivity contribution in [2.45, 2.75) is 39.2 Å². The Labute approximate surface area is 135 Å². The highest BCUT2D eigenvalue weighted by atomic mass is 19.1. The van der Waals surface area contributed by atoms with Crippen LogP contribution in [0.15, 0.2) is 24.3 Å². The van der Waals surface area contributed by atoms with Gasteiger partial charge in [-0.15, -0.1) is 0 Å². The topological polar surface area (TPSA) is 75.6 Å². The number of carboxylic acid groups (broad SMARTS) is 1. The first-order valence-corrected chi connectivity index (χ1v) is 7.68. The van der Waals surface area contributed by atoms with Crippen molar-refractivity contribution >= 4 is 11.9 Å². The van der Waals surface area contributed by atoms with E-state index in [1.165, 1.54) is 24.3 Å². The van der Waals surface area contributed by atoms with Crippen molar-refractivity contribution in [3.05, 3.63) is 35.6 Å². The number of carbonyl (C=O) groups is 2. The van der Waals surface area contributed by atoms with Crippen LogP contribution < -0.4 is 5.32 Å². The summed E-state index contributed by atoms with van der Waals surface area (Å²) in [7, 11) is 0. The van der Waals surface area contributed by atoms with Gasteiger partial charge in [-0.25, -0.2) is 4.39 Å². The zero-order valence-electron chi connectivity index (χ0n) is 13.7. The molecule has 0 heterocycles. The molecule has 0 aliphatic carbocycles. The highest BCUT2D eigenvalue weighted by molar-refractivity contribution is 5.82. The van der Waals surface area contributed by atoms with Gasteiger partial charge < -0.3 is 15.2 Å². The first-order valence-electron chi connectivity index (χ1n) is 7.68. The van der Waals surface area contributed by atoms with E-state index < -0.39 is 23.8 Å². The largest absolute Gasteiger partial charge is 0.481 e. The summed E-state index contributed by atoms with van der Waals surface area (Å²) in [5.74, 6) is -2.32. The molecule has 1 aromatic carbocycles. The van der Waals surface area contributed by atoms with E-state index >= 15 is 0 Å². The Morgan fingerprint density at radius 3 is 2.35 bits per heavy atom. The predicted molar refractivity (Wildman–Crippen MR) is 84.7 cm³/mol. The highest BCUT2D eigenvalue weighted by Gasteiger charge is 2.22. The van der Waals surface area contributed by atoms with Gasteiger partial charge in [0.1, 0.15) is 11.9 Å². The Bertz CT molecular complexity index is 516. The summed E-state index contributed by atoms with van der Waals surface area (Å²) in [6, 6.07) is 5.21. The lowest BCUT2D eigenvalue weighted by Gasteiger charge is -2.17. The molecule has 23 heavy (non-hydrogen) atoms. The molecule has 0 bridgehead atoms. The number of hydrogen-bond donors (Lipinski definition) is 2. The summed E-state index contributed by atoms with van der Waals surface area (Å²) in [5, 5.41) is 11.9. The normalized spacial score (nSPS) is 13.6. The maximum Gasteiger partial charge on any atom is 0.312 e. The maximum absolute atomic E-state index is 12.9. The molecular formula is C17H24FNO4. The van der Waals surface area contributed by atoms with Crippen molar-refractivity contribution in [1.29, 1.82) is 0 Å². The number of halogens is 1. The summed E-state index contributed by atoms with van der Waals surface area (Å²) >= 11 is 0. The van der Waals surface area contributed by atoms with E-state index in [0.717, 1.165) is 6.42 Å². The molecule has 0 saturated carbocycles. The van der Waals surface area contributed by atoms with Gasteiger partial charge in [0, 0.05) is 13.2 Å². The second-order valence-electron chi connectivity index (χ2n) is 5.88. The molecule has 0 spiro atoms. The van der Waals surface area contributed by atoms with Crippen LogP contribution in [0.3, 0.4) is 0 Å². The molecule has 0 fully saturated rings. The van der Waals surface area contributed by atoms with Crippen molar-refractivity contribution in [2.75, 3.05) is 13.2 Å². The monoisotopic (exact) mass is 325 g/mol. The average Bonchev–Trinajstić information content (AvgIpc) is 2.48. The minimum absolute atomic E-state index is 0.0717. The number of hydrogen-bond acceptors (Lipinski definition) is 3. The average molecular weight is 325 g/mol. The summed E-state index contributed by atoms with van der Waals surface area (Å²) in [6.45, 7) is 6.16. The molecular weight excluding hydrogens is 301 g/mol. The number of nitrogens with one attached hydrogen (secondary N) is 1. The quantitative estimate of drug-likeness (QED) is 0.732. The molecule has 1 amide bonds. The Balaban J connectivity index is 2.53. The lowest BCUT2D eigenvalue weighted by Crippen LogP contribution is -2.38. The molecule has 2 atom stereocenters. The second kappa shape index (κ2) is 9.25. The van der Waals surface area contributed by atoms with E-state index in [-0.39, 0.29) is 12.5 Å². The predicted octanol–water partition coefficient (Wildman–Crippen LogP) is 2.56. The van der Waals surface area contributed by atoms with Gasteiger partial charge >= 0.3 is 5.97 Å². The Hall–Kier alpha value is -1.95. The maximum atomic E-state index is 12.9. The zero-order chi connectivity index (χ0) is 17.4. The molecule has 0 aliphatic heterocycles. The molecule has 2 unspecified atom stereocenters. The van der Waals surface area contributed by atoms with Crippen LogP contribution in [0.5, 0.6) is 0 Å². The first kappa shape index (κ1) is 19.1. The number of aliphatic carboxylic acids is 1. The molecule has 0 aliphatic rings. The van der Waals surface area contributed by atoms with E-state index in [1.807, 2.05) is 0 Å². The molecule has 0 radical (unpaired) electrons. The second-order valence-corrected chi connectivity index (χ2v) is 5.88. The fourth-order valence-electron chi connectivity index (χ4n) is 1.95. The van der Waals surface area contributed by atoms with Crippen LogP contribution in [0, 0.1) is 11.7 Å². The van der Waals surface area contributed by atoms with Crippen molar-refractivity contribution in [1.82, 2.24) is 5.32 Å². The van der Waals surface area contributed by atoms with Crippen molar-refractivity contribution in [3.63, 3.8) is 0 Å². The number of ether oxygens (including phenoxy) is 1. The Morgan fingerprint density at radius 2 is 1.83 bits per heavy atom. The fraction of sp³-hybridized carbons (Fsp3) is 0.529. The van der Waals surface area contributed by atoms with Crippen LogP contribution in [0.4, 0.5) is 4.39 Å². The first-order chi connectivity index (χ1) is 10.8. The third kappa shape index (κ3) is 6.78. The van der Waals surface area contributed by atoms with Crippen LogP contribution in [0.1, 0.15) is 38.7 Å². The van der Waals surface area contributed by atoms with Gasteiger partial charge in [0.05, 0.1) is 5.92 Å². The summed E-state index contributed by atoms with van der Waals surface area (Å²) < 4.78 is 18.3. The van der Waals surface area contributed by atoms with Crippen LogP contribution in [0.2, 0.25) is 0 Å². The van der Waals surface area contributed by atoms with Crippen LogP contribution in [0.25, 0.3) is 0 Å². The smallest absolute Gasteiger partial charge is 0.312 e. The third-order valence-electron chi connectivity index (χ3n) is 3.48. The molecule has 1 aromatic rings. The molecule has 2 N–H and O–H groups in total. The number of carbonyl (C=O) groups excluding carboxylic acids is 1. The van der Waals surface area contributed by atoms with Crippen molar-refractivity contribution in [3.8, 4) is 0 Å². The molecule has 6 heteroatoms. The number of carboxylic acids is 1. The minimum Gasteiger partial charge on any atom is -0.481 e. The van der Waals surface area contributed by atoms with Gasteiger partial charge in [-0.3, -0.25) is 9.59 Å². The molecule has 1 rings (SSSR count). The fourth-order valence-corrected chi connectivity index (χ4v) is 1.95. The van der Waals surface area contributed by atoms with Gasteiger partial charge in [0.2, 0.25) is 5.91 Å². The highest BCUT2D eigenvalue weighted by Crippen LogP contribution is 2.16. The summed E-state index contributed by atoms with van der Waals surface area (Å²) in [4.78, 5) is 23.3. The molecule has 5 nitrogen and oxygen atoms in total. The van der Waals surface area contributed by atoms with Crippen molar-refractivity contribution in [2.24, 2.45) is 5.92 Å². The van der Waals surface area contributed by atoms with E-state index in [0.29, 0.717) is 18.1 Å². The Morgan fingerprint density at radius 1 is 1.22 bits per heavy atom. The third-order valence-corrected chi connectivity index (χ3v) is 3.48. The summed E-state index contributed by atoms with van der Waals surface area (Å²) in [5.41, 5.74) is 0.438. The van der Waals surface area contributed by atoms with Gasteiger partial charge in [0.15, 0.2) is 0 Å². The van der Waals surface area contributed by atoms with E-state index in [4.69, 9.17) is 4.74 Å². The van der Waals surface area contributed by atoms with Crippen LogP contribution in [-0.2, 0) is 14.3 Å².